The van der Waals surface area contributed by atoms with Crippen LogP contribution in [0.4, 0.5) is 8.78 Å². The fraction of sp³-hybridized carbons (Fsp3) is 0.650. The Balaban J connectivity index is 0.00000392. The van der Waals surface area contributed by atoms with E-state index in [0.717, 1.165) is 25.9 Å². The van der Waals surface area contributed by atoms with Crippen LogP contribution in [0.2, 0.25) is 0 Å². The van der Waals surface area contributed by atoms with Crippen LogP contribution in [0.1, 0.15) is 38.3 Å². The summed E-state index contributed by atoms with van der Waals surface area (Å²) >= 11 is 0. The molecule has 1 aliphatic heterocycles. The third kappa shape index (κ3) is 6.81. The van der Waals surface area contributed by atoms with Crippen LogP contribution < -0.4 is 10.6 Å². The molecular formula is C20H34F2IN5. The molecule has 1 heterocycles. The van der Waals surface area contributed by atoms with Crippen molar-refractivity contribution in [1.29, 1.82) is 0 Å². The lowest BCUT2D eigenvalue weighted by atomic mass is 10.0. The molecule has 160 valence electrons. The van der Waals surface area contributed by atoms with Crippen LogP contribution in [0.25, 0.3) is 0 Å². The minimum absolute atomic E-state index is 0. The number of likely N-dealkylation sites (tertiary alicyclic amines) is 1. The maximum atomic E-state index is 14.2. The van der Waals surface area contributed by atoms with Crippen molar-refractivity contribution in [3.63, 3.8) is 0 Å². The van der Waals surface area contributed by atoms with Crippen molar-refractivity contribution < 1.29 is 8.78 Å². The minimum Gasteiger partial charge on any atom is -0.354 e. The number of piperidine rings is 1. The van der Waals surface area contributed by atoms with Gasteiger partial charge in [0, 0.05) is 44.3 Å². The second kappa shape index (κ2) is 11.9. The van der Waals surface area contributed by atoms with Gasteiger partial charge >= 0.3 is 0 Å². The van der Waals surface area contributed by atoms with Gasteiger partial charge in [-0.1, -0.05) is 6.07 Å². The molecule has 2 rings (SSSR count). The molecule has 0 spiro atoms. The molecule has 0 aromatic heterocycles. The van der Waals surface area contributed by atoms with Crippen LogP contribution in [-0.2, 0) is 0 Å². The predicted molar refractivity (Wildman–Crippen MR) is 122 cm³/mol. The molecule has 1 aromatic rings. The first kappa shape index (κ1) is 25.0. The maximum Gasteiger partial charge on any atom is 0.191 e. The summed E-state index contributed by atoms with van der Waals surface area (Å²) in [7, 11) is 5.35. The standard InChI is InChI=1S/C20H33F2N5.HI/c1-14(2)27-11-9-15(10-12-27)25-20(23-3)24-13-18(26(4)5)19-16(21)7-6-8-17(19)22;/h6-8,14-15,18H,9-13H2,1-5H3,(H2,23,24,25);1H. The number of guanidine groups is 1. The Hall–Kier alpha value is -1.00. The normalized spacial score (nSPS) is 17.5. The molecule has 0 aliphatic carbocycles. The first-order valence-corrected chi connectivity index (χ1v) is 9.65. The van der Waals surface area contributed by atoms with E-state index in [2.05, 4.69) is 34.4 Å². The Bertz CT molecular complexity index is 611. The highest BCUT2D eigenvalue weighted by atomic mass is 127. The molecule has 8 heteroatoms. The minimum atomic E-state index is -0.528. The number of hydrogen-bond donors (Lipinski definition) is 2. The maximum absolute atomic E-state index is 14.2. The quantitative estimate of drug-likeness (QED) is 0.351. The van der Waals surface area contributed by atoms with Crippen molar-refractivity contribution in [3.05, 3.63) is 35.4 Å². The molecule has 1 atom stereocenters. The highest BCUT2D eigenvalue weighted by molar-refractivity contribution is 14.0. The zero-order chi connectivity index (χ0) is 20.0. The smallest absolute Gasteiger partial charge is 0.191 e. The van der Waals surface area contributed by atoms with Gasteiger partial charge in [0.25, 0.3) is 0 Å². The summed E-state index contributed by atoms with van der Waals surface area (Å²) in [5.41, 5.74) is 0.0793. The molecule has 1 unspecified atom stereocenters. The van der Waals surface area contributed by atoms with Crippen molar-refractivity contribution in [2.45, 2.75) is 44.8 Å². The number of rotatable bonds is 6. The summed E-state index contributed by atoms with van der Waals surface area (Å²) in [4.78, 5) is 8.56. The lowest BCUT2D eigenvalue weighted by Gasteiger charge is -2.35. The molecule has 1 aromatic carbocycles. The van der Waals surface area contributed by atoms with Crippen molar-refractivity contribution >= 4 is 29.9 Å². The number of nitrogens with zero attached hydrogens (tertiary/aromatic N) is 3. The summed E-state index contributed by atoms with van der Waals surface area (Å²) in [6.45, 7) is 6.92. The Morgan fingerprint density at radius 1 is 1.21 bits per heavy atom. The van der Waals surface area contributed by atoms with Crippen LogP contribution >= 0.6 is 24.0 Å². The van der Waals surface area contributed by atoms with Crippen molar-refractivity contribution in [3.8, 4) is 0 Å². The van der Waals surface area contributed by atoms with E-state index in [-0.39, 0.29) is 29.5 Å². The van der Waals surface area contributed by atoms with Crippen LogP contribution in [0, 0.1) is 11.6 Å². The van der Waals surface area contributed by atoms with E-state index < -0.39 is 17.7 Å². The van der Waals surface area contributed by atoms with Gasteiger partial charge in [-0.05, 0) is 52.9 Å². The Kier molecular flexibility index (Phi) is 10.6. The van der Waals surface area contributed by atoms with E-state index in [1.165, 1.54) is 18.2 Å². The molecular weight excluding hydrogens is 475 g/mol. The van der Waals surface area contributed by atoms with Gasteiger partial charge in [0.2, 0.25) is 0 Å². The predicted octanol–water partition coefficient (Wildman–Crippen LogP) is 3.22. The zero-order valence-corrected chi connectivity index (χ0v) is 19.8. The second-order valence-corrected chi connectivity index (χ2v) is 7.62. The van der Waals surface area contributed by atoms with E-state index in [1.807, 2.05) is 19.0 Å². The van der Waals surface area contributed by atoms with Gasteiger partial charge in [-0.15, -0.1) is 24.0 Å². The monoisotopic (exact) mass is 509 g/mol. The third-order valence-electron chi connectivity index (χ3n) is 5.24. The van der Waals surface area contributed by atoms with Crippen LogP contribution in [0.5, 0.6) is 0 Å². The summed E-state index contributed by atoms with van der Waals surface area (Å²) in [6.07, 6.45) is 2.11. The molecule has 0 radical (unpaired) electrons. The summed E-state index contributed by atoms with van der Waals surface area (Å²) < 4.78 is 28.4. The topological polar surface area (TPSA) is 42.9 Å². The van der Waals surface area contributed by atoms with Gasteiger partial charge in [-0.3, -0.25) is 4.99 Å². The van der Waals surface area contributed by atoms with Crippen LogP contribution in [0.15, 0.2) is 23.2 Å². The summed E-state index contributed by atoms with van der Waals surface area (Å²) in [5, 5.41) is 6.68. The molecule has 0 bridgehead atoms. The molecule has 28 heavy (non-hydrogen) atoms. The van der Waals surface area contributed by atoms with Gasteiger partial charge in [0.05, 0.1) is 6.04 Å². The zero-order valence-electron chi connectivity index (χ0n) is 17.5. The molecule has 5 nitrogen and oxygen atoms in total. The van der Waals surface area contributed by atoms with Crippen LogP contribution in [-0.4, -0.2) is 68.6 Å². The fourth-order valence-electron chi connectivity index (χ4n) is 3.51. The number of aliphatic imine (C=N–C) groups is 1. The highest BCUT2D eigenvalue weighted by Crippen LogP contribution is 2.24. The van der Waals surface area contributed by atoms with E-state index in [9.17, 15) is 8.78 Å². The number of nitrogens with one attached hydrogen (secondary N) is 2. The van der Waals surface area contributed by atoms with E-state index in [0.29, 0.717) is 24.6 Å². The molecule has 0 saturated carbocycles. The fourth-order valence-corrected chi connectivity index (χ4v) is 3.51. The third-order valence-corrected chi connectivity index (χ3v) is 5.24. The first-order chi connectivity index (χ1) is 12.8. The second-order valence-electron chi connectivity index (χ2n) is 7.62. The van der Waals surface area contributed by atoms with Gasteiger partial charge in [0.15, 0.2) is 5.96 Å². The molecule has 1 fully saturated rings. The lowest BCUT2D eigenvalue weighted by Crippen LogP contribution is -2.50. The van der Waals surface area contributed by atoms with Crippen molar-refractivity contribution in [1.82, 2.24) is 20.4 Å². The number of halogens is 3. The lowest BCUT2D eigenvalue weighted by molar-refractivity contribution is 0.167. The van der Waals surface area contributed by atoms with E-state index in [1.54, 1.807) is 7.05 Å². The van der Waals surface area contributed by atoms with Gasteiger partial charge in [-0.25, -0.2) is 8.78 Å². The Morgan fingerprint density at radius 3 is 2.25 bits per heavy atom. The van der Waals surface area contributed by atoms with Gasteiger partial charge < -0.3 is 20.4 Å². The largest absolute Gasteiger partial charge is 0.354 e. The number of benzene rings is 1. The van der Waals surface area contributed by atoms with E-state index in [4.69, 9.17) is 0 Å². The summed E-state index contributed by atoms with van der Waals surface area (Å²) in [5.74, 6) is -0.388. The van der Waals surface area contributed by atoms with Crippen molar-refractivity contribution in [2.24, 2.45) is 4.99 Å². The molecule has 0 amide bonds. The number of likely N-dealkylation sites (N-methyl/N-ethyl adjacent to an activating group) is 1. The SMILES string of the molecule is CN=C(NCC(c1c(F)cccc1F)N(C)C)NC1CCN(C(C)C)CC1.I. The van der Waals surface area contributed by atoms with Gasteiger partial charge in [0.1, 0.15) is 11.6 Å². The highest BCUT2D eigenvalue weighted by Gasteiger charge is 2.24. The molecule has 1 aliphatic rings. The average Bonchev–Trinajstić information content (AvgIpc) is 2.63. The number of hydrogen-bond acceptors (Lipinski definition) is 3. The summed E-state index contributed by atoms with van der Waals surface area (Å²) in [6, 6.07) is 4.47. The Morgan fingerprint density at radius 2 is 1.79 bits per heavy atom. The first-order valence-electron chi connectivity index (χ1n) is 9.65. The van der Waals surface area contributed by atoms with Crippen LogP contribution in [0.3, 0.4) is 0 Å². The Labute approximate surface area is 185 Å². The van der Waals surface area contributed by atoms with Crippen molar-refractivity contribution in [2.75, 3.05) is 40.8 Å². The van der Waals surface area contributed by atoms with Gasteiger partial charge in [-0.2, -0.15) is 0 Å². The average molecular weight is 509 g/mol. The molecule has 1 saturated heterocycles. The molecule has 2 N–H and O–H groups in total. The van der Waals surface area contributed by atoms with E-state index >= 15 is 0 Å².